The van der Waals surface area contributed by atoms with Crippen LogP contribution in [0.1, 0.15) is 49.4 Å². The smallest absolute Gasteiger partial charge is 0.252 e. The Hall–Kier alpha value is -2.79. The average molecular weight is 403 g/mol. The molecule has 30 heavy (non-hydrogen) atoms. The molecule has 156 valence electrons. The molecular weight excluding hydrogens is 372 g/mol. The van der Waals surface area contributed by atoms with E-state index in [0.717, 1.165) is 35.3 Å². The SMILES string of the molecule is CCC1CCCCN1CCCNC(=O)c1cc(-c2ccccn2)nc2ccccc12. The largest absolute Gasteiger partial charge is 0.352 e. The molecule has 0 aliphatic carbocycles. The molecule has 1 atom stereocenters. The van der Waals surface area contributed by atoms with E-state index in [0.29, 0.717) is 18.2 Å². The summed E-state index contributed by atoms with van der Waals surface area (Å²) in [6, 6.07) is 16.1. The third-order valence-electron chi connectivity index (χ3n) is 6.02. The van der Waals surface area contributed by atoms with Gasteiger partial charge in [-0.05, 0) is 56.5 Å². The monoisotopic (exact) mass is 402 g/mol. The summed E-state index contributed by atoms with van der Waals surface area (Å²) >= 11 is 0. The van der Waals surface area contributed by atoms with Crippen molar-refractivity contribution in [2.75, 3.05) is 19.6 Å². The van der Waals surface area contributed by atoms with Crippen molar-refractivity contribution >= 4 is 16.8 Å². The molecule has 1 saturated heterocycles. The van der Waals surface area contributed by atoms with Crippen LogP contribution in [-0.2, 0) is 0 Å². The minimum Gasteiger partial charge on any atom is -0.352 e. The summed E-state index contributed by atoms with van der Waals surface area (Å²) in [6.45, 7) is 5.20. The third kappa shape index (κ3) is 4.68. The van der Waals surface area contributed by atoms with Crippen LogP contribution in [0.3, 0.4) is 0 Å². The van der Waals surface area contributed by atoms with Crippen LogP contribution in [0.15, 0.2) is 54.7 Å². The first-order chi connectivity index (χ1) is 14.8. The molecule has 1 unspecified atom stereocenters. The van der Waals surface area contributed by atoms with Gasteiger partial charge in [0.25, 0.3) is 5.91 Å². The van der Waals surface area contributed by atoms with Gasteiger partial charge in [0.05, 0.1) is 22.5 Å². The van der Waals surface area contributed by atoms with E-state index in [9.17, 15) is 4.79 Å². The Bertz CT molecular complexity index is 989. The number of benzene rings is 1. The van der Waals surface area contributed by atoms with Crippen molar-refractivity contribution in [1.82, 2.24) is 20.2 Å². The molecule has 0 bridgehead atoms. The summed E-state index contributed by atoms with van der Waals surface area (Å²) in [5.74, 6) is -0.0449. The lowest BCUT2D eigenvalue weighted by molar-refractivity contribution is 0.0949. The number of nitrogens with one attached hydrogen (secondary N) is 1. The Kier molecular flexibility index (Phi) is 6.70. The number of aromatic nitrogens is 2. The maximum atomic E-state index is 13.0. The van der Waals surface area contributed by atoms with Crippen molar-refractivity contribution in [3.8, 4) is 11.4 Å². The maximum absolute atomic E-state index is 13.0. The predicted molar refractivity (Wildman–Crippen MR) is 121 cm³/mol. The van der Waals surface area contributed by atoms with E-state index >= 15 is 0 Å². The number of likely N-dealkylation sites (tertiary alicyclic amines) is 1. The van der Waals surface area contributed by atoms with Crippen molar-refractivity contribution in [3.63, 3.8) is 0 Å². The summed E-state index contributed by atoms with van der Waals surface area (Å²) in [6.07, 6.45) is 7.88. The van der Waals surface area contributed by atoms with Crippen molar-refractivity contribution < 1.29 is 4.79 Å². The molecule has 3 aromatic rings. The van der Waals surface area contributed by atoms with E-state index in [1.54, 1.807) is 6.20 Å². The number of para-hydroxylation sites is 1. The van der Waals surface area contributed by atoms with E-state index in [2.05, 4.69) is 22.1 Å². The highest BCUT2D eigenvalue weighted by Gasteiger charge is 2.20. The highest BCUT2D eigenvalue weighted by molar-refractivity contribution is 6.07. The van der Waals surface area contributed by atoms with E-state index in [1.165, 1.54) is 32.2 Å². The Morgan fingerprint density at radius 2 is 2.00 bits per heavy atom. The second-order valence-corrected chi connectivity index (χ2v) is 7.99. The molecule has 3 heterocycles. The van der Waals surface area contributed by atoms with Gasteiger partial charge < -0.3 is 10.2 Å². The maximum Gasteiger partial charge on any atom is 0.252 e. The zero-order chi connectivity index (χ0) is 20.8. The van der Waals surface area contributed by atoms with Crippen LogP contribution in [0.5, 0.6) is 0 Å². The number of carbonyl (C=O) groups excluding carboxylic acids is 1. The van der Waals surface area contributed by atoms with Crippen LogP contribution in [-0.4, -0.2) is 46.5 Å². The van der Waals surface area contributed by atoms with Gasteiger partial charge in [0, 0.05) is 30.7 Å². The lowest BCUT2D eigenvalue weighted by atomic mass is 10.00. The number of fused-ring (bicyclic) bond motifs is 1. The van der Waals surface area contributed by atoms with Crippen LogP contribution >= 0.6 is 0 Å². The standard InChI is InChI=1S/C25H30N4O/c1-2-19-10-6-8-16-29(19)17-9-15-27-25(30)21-18-24(23-13-5-7-14-26-23)28-22-12-4-3-11-20(21)22/h3-5,7,11-14,18-19H,2,6,8-10,15-17H2,1H3,(H,27,30). The lowest BCUT2D eigenvalue weighted by Gasteiger charge is -2.35. The first-order valence-electron chi connectivity index (χ1n) is 11.1. The van der Waals surface area contributed by atoms with Gasteiger partial charge in [0.1, 0.15) is 0 Å². The zero-order valence-electron chi connectivity index (χ0n) is 17.7. The van der Waals surface area contributed by atoms with E-state index in [4.69, 9.17) is 4.98 Å². The second-order valence-electron chi connectivity index (χ2n) is 7.99. The summed E-state index contributed by atoms with van der Waals surface area (Å²) in [5.41, 5.74) is 2.96. The number of nitrogens with zero attached hydrogens (tertiary/aromatic N) is 3. The molecule has 0 radical (unpaired) electrons. The molecule has 2 aromatic heterocycles. The summed E-state index contributed by atoms with van der Waals surface area (Å²) in [4.78, 5) is 24.7. The second kappa shape index (κ2) is 9.81. The minimum atomic E-state index is -0.0449. The van der Waals surface area contributed by atoms with Gasteiger partial charge in [-0.1, -0.05) is 37.6 Å². The van der Waals surface area contributed by atoms with Gasteiger partial charge >= 0.3 is 0 Å². The van der Waals surface area contributed by atoms with E-state index in [-0.39, 0.29) is 5.91 Å². The van der Waals surface area contributed by atoms with Crippen LogP contribution in [0.2, 0.25) is 0 Å². The molecule has 4 rings (SSSR count). The Labute approximate surface area is 178 Å². The first kappa shape index (κ1) is 20.5. The number of hydrogen-bond acceptors (Lipinski definition) is 4. The van der Waals surface area contributed by atoms with Crippen molar-refractivity contribution in [3.05, 3.63) is 60.3 Å². The summed E-state index contributed by atoms with van der Waals surface area (Å²) < 4.78 is 0. The normalized spacial score (nSPS) is 17.2. The number of hydrogen-bond donors (Lipinski definition) is 1. The van der Waals surface area contributed by atoms with Crippen molar-refractivity contribution in [1.29, 1.82) is 0 Å². The molecular formula is C25H30N4O. The Balaban J connectivity index is 1.46. The van der Waals surface area contributed by atoms with Crippen molar-refractivity contribution in [2.24, 2.45) is 0 Å². The minimum absolute atomic E-state index is 0.0449. The van der Waals surface area contributed by atoms with Gasteiger partial charge in [-0.15, -0.1) is 0 Å². The van der Waals surface area contributed by atoms with Gasteiger partial charge in [-0.25, -0.2) is 4.98 Å². The summed E-state index contributed by atoms with van der Waals surface area (Å²) in [5, 5.41) is 4.00. The fraction of sp³-hybridized carbons (Fsp3) is 0.400. The molecule has 5 nitrogen and oxygen atoms in total. The molecule has 1 amide bonds. The third-order valence-corrected chi connectivity index (χ3v) is 6.02. The number of piperidine rings is 1. The fourth-order valence-corrected chi connectivity index (χ4v) is 4.40. The Morgan fingerprint density at radius 3 is 2.83 bits per heavy atom. The van der Waals surface area contributed by atoms with Gasteiger partial charge in [-0.3, -0.25) is 9.78 Å². The zero-order valence-corrected chi connectivity index (χ0v) is 17.7. The molecule has 0 saturated carbocycles. The molecule has 1 aliphatic heterocycles. The average Bonchev–Trinajstić information content (AvgIpc) is 2.81. The number of pyridine rings is 2. The fourth-order valence-electron chi connectivity index (χ4n) is 4.40. The molecule has 5 heteroatoms. The lowest BCUT2D eigenvalue weighted by Crippen LogP contribution is -2.40. The highest BCUT2D eigenvalue weighted by Crippen LogP contribution is 2.24. The van der Waals surface area contributed by atoms with Gasteiger partial charge in [0.2, 0.25) is 0 Å². The number of rotatable bonds is 7. The van der Waals surface area contributed by atoms with Crippen LogP contribution in [0.25, 0.3) is 22.3 Å². The highest BCUT2D eigenvalue weighted by atomic mass is 16.1. The number of carbonyl (C=O) groups is 1. The van der Waals surface area contributed by atoms with E-state index in [1.807, 2.05) is 48.5 Å². The predicted octanol–water partition coefficient (Wildman–Crippen LogP) is 4.68. The van der Waals surface area contributed by atoms with Gasteiger partial charge in [-0.2, -0.15) is 0 Å². The molecule has 1 aromatic carbocycles. The van der Waals surface area contributed by atoms with Crippen LogP contribution < -0.4 is 5.32 Å². The summed E-state index contributed by atoms with van der Waals surface area (Å²) in [7, 11) is 0. The van der Waals surface area contributed by atoms with Gasteiger partial charge in [0.15, 0.2) is 0 Å². The van der Waals surface area contributed by atoms with E-state index < -0.39 is 0 Å². The number of amides is 1. The van der Waals surface area contributed by atoms with Crippen LogP contribution in [0, 0.1) is 0 Å². The molecule has 1 N–H and O–H groups in total. The molecule has 0 spiro atoms. The molecule has 1 aliphatic rings. The Morgan fingerprint density at radius 1 is 1.13 bits per heavy atom. The van der Waals surface area contributed by atoms with Crippen molar-refractivity contribution in [2.45, 2.75) is 45.1 Å². The van der Waals surface area contributed by atoms with Crippen LogP contribution in [0.4, 0.5) is 0 Å². The quantitative estimate of drug-likeness (QED) is 0.583. The first-order valence-corrected chi connectivity index (χ1v) is 11.1. The molecule has 1 fully saturated rings. The topological polar surface area (TPSA) is 58.1 Å².